The lowest BCUT2D eigenvalue weighted by Crippen LogP contribution is -2.47. The largest absolute Gasteiger partial charge is 0.369 e. The molecule has 1 amide bonds. The highest BCUT2D eigenvalue weighted by Gasteiger charge is 2.44. The lowest BCUT2D eigenvalue weighted by atomic mass is 9.98. The number of aliphatic imine (C=N–C) groups is 5. The number of nitrogens with zero attached hydrogens (tertiary/aromatic N) is 17. The Morgan fingerprint density at radius 1 is 0.404 bits per heavy atom. The van der Waals surface area contributed by atoms with Gasteiger partial charge in [-0.05, 0) is 164 Å². The minimum absolute atomic E-state index is 0.000231. The number of carbonyl (C=O) groups excluding carboxylic acids is 1. The molecule has 11 aliphatic rings. The molecule has 37 heteroatoms. The summed E-state index contributed by atoms with van der Waals surface area (Å²) in [6.45, 7) is 8.15. The quantitative estimate of drug-likeness (QED) is 0.194. The topological polar surface area (TPSA) is 397 Å². The van der Waals surface area contributed by atoms with Crippen molar-refractivity contribution in [1.29, 1.82) is 0 Å². The number of nitrogens with two attached hydrogens (primary N) is 1. The zero-order chi connectivity index (χ0) is 77.0. The first kappa shape index (κ1) is 79.3. The number of benzene rings is 1. The van der Waals surface area contributed by atoms with Crippen molar-refractivity contribution in [2.75, 3.05) is 98.9 Å². The molecular weight excluding hydrogens is 1520 g/mol. The van der Waals surface area contributed by atoms with Gasteiger partial charge in [-0.2, -0.15) is 21.5 Å². The molecule has 6 aromatic rings. The van der Waals surface area contributed by atoms with Crippen LogP contribution < -0.4 is 5.73 Å². The van der Waals surface area contributed by atoms with Crippen LogP contribution in [0.15, 0.2) is 147 Å². The molecule has 582 valence electrons. The summed E-state index contributed by atoms with van der Waals surface area (Å²) in [5.74, 6) is -0.242. The minimum atomic E-state index is -3.77. The summed E-state index contributed by atoms with van der Waals surface area (Å²) in [4.78, 5) is 57.6. The van der Waals surface area contributed by atoms with Crippen molar-refractivity contribution in [2.24, 2.45) is 42.5 Å². The summed E-state index contributed by atoms with van der Waals surface area (Å²) >= 11 is 0. The van der Waals surface area contributed by atoms with E-state index in [2.05, 4.69) is 71.8 Å². The van der Waals surface area contributed by atoms with Crippen molar-refractivity contribution in [3.05, 3.63) is 184 Å². The third kappa shape index (κ3) is 17.3. The van der Waals surface area contributed by atoms with Gasteiger partial charge in [-0.3, -0.25) is 54.7 Å². The van der Waals surface area contributed by atoms with E-state index in [1.54, 1.807) is 98.5 Å². The second-order valence-corrected chi connectivity index (χ2v) is 40.2. The molecule has 6 saturated heterocycles. The number of pyridine rings is 5. The van der Waals surface area contributed by atoms with Gasteiger partial charge < -0.3 is 15.5 Å². The van der Waals surface area contributed by atoms with E-state index in [4.69, 9.17) is 5.73 Å². The Hall–Kier alpha value is -7.79. The molecule has 0 radical (unpaired) electrons. The average Bonchev–Trinajstić information content (AvgIpc) is 1.76. The molecule has 3 atom stereocenters. The maximum absolute atomic E-state index is 13.0. The molecule has 1 aromatic carbocycles. The van der Waals surface area contributed by atoms with Crippen LogP contribution in [0.5, 0.6) is 0 Å². The zero-order valence-corrected chi connectivity index (χ0v) is 65.9. The Balaban J connectivity index is 0.000000120. The third-order valence-electron chi connectivity index (χ3n) is 21.5. The van der Waals surface area contributed by atoms with Gasteiger partial charge in [-0.25, -0.2) is 50.5 Å². The van der Waals surface area contributed by atoms with E-state index in [9.17, 15) is 55.3 Å². The number of aromatic nitrogens is 5. The van der Waals surface area contributed by atoms with Crippen LogP contribution in [-0.2, 0) is 104 Å². The van der Waals surface area contributed by atoms with E-state index in [0.717, 1.165) is 55.4 Å². The summed E-state index contributed by atoms with van der Waals surface area (Å²) in [5, 5.41) is 0.0247. The summed E-state index contributed by atoms with van der Waals surface area (Å²) < 4.78 is 158. The number of amides is 1. The second-order valence-electron chi connectivity index (χ2n) is 28.6. The summed E-state index contributed by atoms with van der Waals surface area (Å²) in [5.41, 5.74) is 13.2. The van der Waals surface area contributed by atoms with E-state index in [1.165, 1.54) is 40.1 Å². The van der Waals surface area contributed by atoms with Crippen LogP contribution in [0.3, 0.4) is 0 Å². The first-order valence-electron chi connectivity index (χ1n) is 36.5. The lowest BCUT2D eigenvalue weighted by Gasteiger charge is -2.35. The van der Waals surface area contributed by atoms with Crippen molar-refractivity contribution >= 4 is 91.1 Å². The van der Waals surface area contributed by atoms with Crippen molar-refractivity contribution in [3.8, 4) is 0 Å². The van der Waals surface area contributed by atoms with Gasteiger partial charge in [-0.15, -0.1) is 0 Å². The summed E-state index contributed by atoms with van der Waals surface area (Å²) in [6.07, 6.45) is 17.7. The second kappa shape index (κ2) is 33.3. The van der Waals surface area contributed by atoms with Crippen LogP contribution in [0.1, 0.15) is 120 Å². The molecule has 109 heavy (non-hydrogen) atoms. The summed E-state index contributed by atoms with van der Waals surface area (Å²) in [7, 11) is -17.2. The highest BCUT2D eigenvalue weighted by molar-refractivity contribution is 8.06. The minimum Gasteiger partial charge on any atom is -0.369 e. The Kier molecular flexibility index (Phi) is 24.2. The zero-order valence-electron chi connectivity index (χ0n) is 61.0. The monoisotopic (exact) mass is 1610 g/mol. The normalized spacial score (nSPS) is 22.2. The van der Waals surface area contributed by atoms with Gasteiger partial charge in [0.25, 0.3) is 50.1 Å². The van der Waals surface area contributed by atoms with Gasteiger partial charge in [0.15, 0.2) is 35.1 Å². The van der Waals surface area contributed by atoms with E-state index < -0.39 is 65.2 Å². The van der Waals surface area contributed by atoms with Gasteiger partial charge >= 0.3 is 0 Å². The Bertz CT molecular complexity index is 5280. The Labute approximate surface area is 637 Å². The Morgan fingerprint density at radius 2 is 0.743 bits per heavy atom. The van der Waals surface area contributed by atoms with Crippen LogP contribution >= 0.6 is 0 Å². The molecule has 2 N–H and O–H groups in total. The van der Waals surface area contributed by atoms with Crippen molar-refractivity contribution < 1.29 is 55.3 Å². The number of sulfone groups is 1. The van der Waals surface area contributed by atoms with E-state index >= 15 is 0 Å². The first-order chi connectivity index (χ1) is 52.1. The Morgan fingerprint density at radius 3 is 1.10 bits per heavy atom. The number of fused-ring (bicyclic) bond motifs is 5. The maximum atomic E-state index is 13.0. The SMILES string of the molecule is CN(C)C1CCN(S(=O)(=O)C2=NCc3ncccc32)C1.CS(=O)(=O)C1CCN(S(=O)(=O)C2=NCc3ncccc32)C1.NC(=O)C1CCN(S(=O)(=O)C2=NCc3ncccc32)CC1.O=S(=O)(C1=NCc2ncccc21)N1CCC(Cc2ccccc2)C1.O=S(=O)(C1=NCc2ncccc21)N1CCC(N2CCCC2)CC1. The first-order valence-corrected chi connectivity index (χ1v) is 45.6. The van der Waals surface area contributed by atoms with Crippen LogP contribution in [0, 0.1) is 11.8 Å². The fourth-order valence-electron chi connectivity index (χ4n) is 15.3. The van der Waals surface area contributed by atoms with Gasteiger partial charge in [-0.1, -0.05) is 30.3 Å². The molecule has 0 aliphatic carbocycles. The number of carbonyl (C=O) groups is 1. The number of hydrogen-bond acceptors (Lipinski definition) is 25. The average molecular weight is 1610 g/mol. The van der Waals surface area contributed by atoms with Gasteiger partial charge in [0, 0.05) is 149 Å². The highest BCUT2D eigenvalue weighted by Crippen LogP contribution is 2.33. The number of sulfonamides is 5. The molecule has 0 spiro atoms. The number of primary amides is 1. The molecule has 0 saturated carbocycles. The molecule has 16 heterocycles. The standard InChI is InChI=1S/C18H19N3O2S.C16H22N4O2S.C13H16N4O3S.C13H18N4O2S.C12H15N3O4S2/c22-24(23,18-16-7-4-9-19-17(16)12-20-18)21-10-8-15(13-21)11-14-5-2-1-3-6-14;21-23(22,16-14-4-3-7-17-15(14)12-18-16)20-10-5-13(6-11-20)19-8-1-2-9-19;14-12(18)9-3-6-17(7-4-9)21(19,20)13-10-2-1-5-15-11(10)8-16-13;1-16(2)10-5-7-17(9-10)20(18,19)13-11-4-3-6-14-12(11)8-15-13;1-20(16,17)9-4-6-15(8-9)21(18,19)12-10-3-2-5-13-11(10)7-14-12/h1-7,9,15H,8,10-13H2;3-4,7,13H,1-2,5-6,8-12H2;1-2,5,9H,3-4,6-8H2,(H2,14,18);3-4,6,10H,5,7-9H2,1-2H3;2-3,5,9H,4,6-8H2,1H3. The van der Waals surface area contributed by atoms with Crippen LogP contribution in [0.2, 0.25) is 0 Å². The fourth-order valence-corrected chi connectivity index (χ4v) is 24.7. The molecule has 3 unspecified atom stereocenters. The van der Waals surface area contributed by atoms with Crippen molar-refractivity contribution in [2.45, 2.75) is 114 Å². The fraction of sp³-hybridized carbons (Fsp3) is 0.486. The maximum Gasteiger partial charge on any atom is 0.260 e. The third-order valence-corrected chi connectivity index (χ3v) is 32.4. The lowest BCUT2D eigenvalue weighted by molar-refractivity contribution is -0.122. The van der Waals surface area contributed by atoms with Gasteiger partial charge in [0.05, 0.1) is 66.4 Å². The van der Waals surface area contributed by atoms with Crippen LogP contribution in [0.4, 0.5) is 0 Å². The highest BCUT2D eigenvalue weighted by atomic mass is 32.2. The molecule has 31 nitrogen and oxygen atoms in total. The predicted molar refractivity (Wildman–Crippen MR) is 414 cm³/mol. The van der Waals surface area contributed by atoms with E-state index in [0.29, 0.717) is 149 Å². The van der Waals surface area contributed by atoms with Gasteiger partial charge in [0.2, 0.25) is 5.91 Å². The molecular formula is C72H90N18O13S6. The smallest absolute Gasteiger partial charge is 0.260 e. The summed E-state index contributed by atoms with van der Waals surface area (Å²) in [6, 6.07) is 28.5. The molecule has 17 rings (SSSR count). The number of rotatable bonds is 11. The van der Waals surface area contributed by atoms with Crippen LogP contribution in [-0.4, -0.2) is 254 Å². The predicted octanol–water partition coefficient (Wildman–Crippen LogP) is 3.43. The molecule has 11 aliphatic heterocycles. The van der Waals surface area contributed by atoms with Crippen molar-refractivity contribution in [3.63, 3.8) is 0 Å². The molecule has 5 aromatic heterocycles. The van der Waals surface area contributed by atoms with E-state index in [-0.39, 0.29) is 62.7 Å². The van der Waals surface area contributed by atoms with Crippen LogP contribution in [0.25, 0.3) is 0 Å². The molecule has 6 fully saturated rings. The number of piperidine rings is 2. The van der Waals surface area contributed by atoms with E-state index in [1.807, 2.05) is 38.4 Å². The van der Waals surface area contributed by atoms with Gasteiger partial charge in [0.1, 0.15) is 0 Å². The van der Waals surface area contributed by atoms with Crippen molar-refractivity contribution in [1.82, 2.24) is 56.2 Å². The number of likely N-dealkylation sites (tertiary alicyclic amines) is 1. The number of hydrogen-bond donors (Lipinski definition) is 1. The number of likely N-dealkylation sites (N-methyl/N-ethyl adjacent to an activating group) is 1. The molecule has 0 bridgehead atoms.